The molecule has 0 amide bonds. The average molecular weight is 256 g/mol. The summed E-state index contributed by atoms with van der Waals surface area (Å²) < 4.78 is 2.27. The third kappa shape index (κ3) is 1.51. The summed E-state index contributed by atoms with van der Waals surface area (Å²) in [5.74, 6) is 0. The summed E-state index contributed by atoms with van der Waals surface area (Å²) in [5, 5.41) is 2.59. The minimum atomic E-state index is 0.605. The van der Waals surface area contributed by atoms with E-state index >= 15 is 0 Å². The number of thiazole rings is 1. The summed E-state index contributed by atoms with van der Waals surface area (Å²) in [5.41, 5.74) is 9.93. The van der Waals surface area contributed by atoms with Gasteiger partial charge in [0.15, 0.2) is 5.13 Å². The van der Waals surface area contributed by atoms with E-state index < -0.39 is 0 Å². The maximum atomic E-state index is 5.67. The fraction of sp³-hybridized carbons (Fsp3) is 0.231. The molecule has 0 bridgehead atoms. The quantitative estimate of drug-likeness (QED) is 0.766. The molecule has 0 saturated heterocycles. The predicted octanol–water partition coefficient (Wildman–Crippen LogP) is 3.08. The molecule has 1 aliphatic carbocycles. The Hall–Kier alpha value is -1.88. The van der Waals surface area contributed by atoms with E-state index in [0.717, 1.165) is 16.8 Å². The third-order valence-corrected chi connectivity index (χ3v) is 4.01. The molecule has 1 aromatic carbocycles. The molecule has 3 aromatic rings. The van der Waals surface area contributed by atoms with Gasteiger partial charge in [0.2, 0.25) is 0 Å². The summed E-state index contributed by atoms with van der Waals surface area (Å²) in [6.07, 6.45) is 4.49. The molecule has 4 rings (SSSR count). The minimum Gasteiger partial charge on any atom is -0.375 e. The van der Waals surface area contributed by atoms with Crippen molar-refractivity contribution in [3.8, 4) is 11.3 Å². The Morgan fingerprint density at radius 3 is 2.94 bits per heavy atom. The Labute approximate surface area is 108 Å². The molecule has 0 radical (unpaired) electrons. The van der Waals surface area contributed by atoms with Crippen LogP contribution < -0.4 is 5.73 Å². The SMILES string of the molecule is Nc1nc(-c2ccc3c(c2)ncn3C2CC2)cs1. The topological polar surface area (TPSA) is 56.7 Å². The summed E-state index contributed by atoms with van der Waals surface area (Å²) in [4.78, 5) is 8.78. The van der Waals surface area contributed by atoms with Gasteiger partial charge in [-0.05, 0) is 25.0 Å². The van der Waals surface area contributed by atoms with Crippen molar-refractivity contribution >= 4 is 27.5 Å². The lowest BCUT2D eigenvalue weighted by molar-refractivity contribution is 0.766. The maximum Gasteiger partial charge on any atom is 0.180 e. The van der Waals surface area contributed by atoms with E-state index in [2.05, 4.69) is 32.7 Å². The molecule has 0 unspecified atom stereocenters. The van der Waals surface area contributed by atoms with Crippen molar-refractivity contribution in [1.82, 2.24) is 14.5 Å². The van der Waals surface area contributed by atoms with Crippen LogP contribution in [0.25, 0.3) is 22.3 Å². The molecule has 0 aliphatic heterocycles. The molecule has 0 atom stereocenters. The van der Waals surface area contributed by atoms with Crippen LogP contribution in [0.1, 0.15) is 18.9 Å². The van der Waals surface area contributed by atoms with E-state index in [9.17, 15) is 0 Å². The Balaban J connectivity index is 1.84. The normalized spacial score (nSPS) is 15.3. The fourth-order valence-corrected chi connectivity index (χ4v) is 2.83. The van der Waals surface area contributed by atoms with E-state index in [4.69, 9.17) is 5.73 Å². The van der Waals surface area contributed by atoms with Gasteiger partial charge in [-0.3, -0.25) is 0 Å². The molecule has 1 fully saturated rings. The number of nitrogen functional groups attached to an aromatic ring is 1. The number of rotatable bonds is 2. The van der Waals surface area contributed by atoms with Gasteiger partial charge >= 0.3 is 0 Å². The molecule has 4 nitrogen and oxygen atoms in total. The van der Waals surface area contributed by atoms with Crippen LogP contribution in [-0.2, 0) is 0 Å². The van der Waals surface area contributed by atoms with Gasteiger partial charge < -0.3 is 10.3 Å². The number of nitrogens with two attached hydrogens (primary N) is 1. The van der Waals surface area contributed by atoms with Crippen LogP contribution in [0.5, 0.6) is 0 Å². The first-order valence-electron chi connectivity index (χ1n) is 5.99. The highest BCUT2D eigenvalue weighted by Gasteiger charge is 2.24. The number of benzene rings is 1. The first-order valence-corrected chi connectivity index (χ1v) is 6.87. The average Bonchev–Trinajstić information content (AvgIpc) is 2.99. The van der Waals surface area contributed by atoms with E-state index in [1.807, 2.05) is 11.7 Å². The molecule has 90 valence electrons. The van der Waals surface area contributed by atoms with Gasteiger partial charge in [0.25, 0.3) is 0 Å². The number of hydrogen-bond donors (Lipinski definition) is 1. The van der Waals surface area contributed by atoms with Crippen LogP contribution in [0.4, 0.5) is 5.13 Å². The van der Waals surface area contributed by atoms with Crippen LogP contribution in [0.15, 0.2) is 29.9 Å². The second kappa shape index (κ2) is 3.55. The zero-order chi connectivity index (χ0) is 12.1. The van der Waals surface area contributed by atoms with E-state index in [-0.39, 0.29) is 0 Å². The van der Waals surface area contributed by atoms with Crippen molar-refractivity contribution in [3.63, 3.8) is 0 Å². The second-order valence-electron chi connectivity index (χ2n) is 4.66. The lowest BCUT2D eigenvalue weighted by Crippen LogP contribution is -1.90. The molecular formula is C13H12N4S. The second-order valence-corrected chi connectivity index (χ2v) is 5.55. The first kappa shape index (κ1) is 10.1. The van der Waals surface area contributed by atoms with Crippen LogP contribution in [0.2, 0.25) is 0 Å². The summed E-state index contributed by atoms with van der Waals surface area (Å²) in [7, 11) is 0. The highest BCUT2D eigenvalue weighted by Crippen LogP contribution is 2.37. The molecule has 1 aliphatic rings. The van der Waals surface area contributed by atoms with Crippen LogP contribution >= 0.6 is 11.3 Å². The Kier molecular flexibility index (Phi) is 1.99. The monoisotopic (exact) mass is 256 g/mol. The van der Waals surface area contributed by atoms with Crippen molar-refractivity contribution in [2.24, 2.45) is 0 Å². The van der Waals surface area contributed by atoms with Crippen LogP contribution in [0, 0.1) is 0 Å². The van der Waals surface area contributed by atoms with Gasteiger partial charge in [0, 0.05) is 17.0 Å². The Morgan fingerprint density at radius 1 is 1.33 bits per heavy atom. The van der Waals surface area contributed by atoms with E-state index in [0.29, 0.717) is 11.2 Å². The summed E-state index contributed by atoms with van der Waals surface area (Å²) >= 11 is 1.47. The van der Waals surface area contributed by atoms with Crippen molar-refractivity contribution < 1.29 is 0 Å². The number of nitrogens with zero attached hydrogens (tertiary/aromatic N) is 3. The number of aromatic nitrogens is 3. The Morgan fingerprint density at radius 2 is 2.22 bits per heavy atom. The van der Waals surface area contributed by atoms with Gasteiger partial charge in [0.05, 0.1) is 23.1 Å². The molecule has 0 spiro atoms. The lowest BCUT2D eigenvalue weighted by atomic mass is 10.1. The van der Waals surface area contributed by atoms with E-state index in [1.54, 1.807) is 0 Å². The van der Waals surface area contributed by atoms with Gasteiger partial charge in [-0.1, -0.05) is 6.07 Å². The third-order valence-electron chi connectivity index (χ3n) is 3.33. The molecular weight excluding hydrogens is 244 g/mol. The van der Waals surface area contributed by atoms with Gasteiger partial charge in [-0.2, -0.15) is 0 Å². The first-order chi connectivity index (χ1) is 8.81. The van der Waals surface area contributed by atoms with Gasteiger partial charge in [0.1, 0.15) is 0 Å². The lowest BCUT2D eigenvalue weighted by Gasteiger charge is -2.01. The van der Waals surface area contributed by atoms with Crippen LogP contribution in [-0.4, -0.2) is 14.5 Å². The smallest absolute Gasteiger partial charge is 0.180 e. The molecule has 2 heterocycles. The predicted molar refractivity (Wildman–Crippen MR) is 73.5 cm³/mol. The molecule has 2 aromatic heterocycles. The minimum absolute atomic E-state index is 0.605. The zero-order valence-corrected chi connectivity index (χ0v) is 10.5. The van der Waals surface area contributed by atoms with Crippen molar-refractivity contribution in [2.45, 2.75) is 18.9 Å². The summed E-state index contributed by atoms with van der Waals surface area (Å²) in [6, 6.07) is 6.97. The number of imidazole rings is 1. The molecule has 5 heteroatoms. The van der Waals surface area contributed by atoms with Crippen LogP contribution in [0.3, 0.4) is 0 Å². The van der Waals surface area contributed by atoms with Gasteiger partial charge in [-0.15, -0.1) is 11.3 Å². The maximum absolute atomic E-state index is 5.67. The number of anilines is 1. The summed E-state index contributed by atoms with van der Waals surface area (Å²) in [6.45, 7) is 0. The highest BCUT2D eigenvalue weighted by atomic mass is 32.1. The van der Waals surface area contributed by atoms with Gasteiger partial charge in [-0.25, -0.2) is 9.97 Å². The molecule has 18 heavy (non-hydrogen) atoms. The standard InChI is InChI=1S/C13H12N4S/c14-13-16-11(6-18-13)8-1-4-12-10(5-8)15-7-17(12)9-2-3-9/h1,4-7,9H,2-3H2,(H2,14,16). The largest absolute Gasteiger partial charge is 0.375 e. The molecule has 1 saturated carbocycles. The fourth-order valence-electron chi connectivity index (χ4n) is 2.25. The Bertz CT molecular complexity index is 724. The zero-order valence-electron chi connectivity index (χ0n) is 9.71. The van der Waals surface area contributed by atoms with E-state index in [1.165, 1.54) is 29.7 Å². The van der Waals surface area contributed by atoms with Crippen molar-refractivity contribution in [2.75, 3.05) is 5.73 Å². The molecule has 2 N–H and O–H groups in total. The number of fused-ring (bicyclic) bond motifs is 1. The number of hydrogen-bond acceptors (Lipinski definition) is 4. The van der Waals surface area contributed by atoms with Crippen molar-refractivity contribution in [3.05, 3.63) is 29.9 Å². The van der Waals surface area contributed by atoms with Crippen molar-refractivity contribution in [1.29, 1.82) is 0 Å². The highest BCUT2D eigenvalue weighted by molar-refractivity contribution is 7.13.